The van der Waals surface area contributed by atoms with Crippen molar-refractivity contribution in [2.24, 2.45) is 5.10 Å². The van der Waals surface area contributed by atoms with Crippen LogP contribution >= 0.6 is 11.6 Å². The summed E-state index contributed by atoms with van der Waals surface area (Å²) in [6.07, 6.45) is 1.54. The number of nitrogen functional groups attached to an aromatic ring is 1. The Morgan fingerprint density at radius 3 is 2.87 bits per heavy atom. The van der Waals surface area contributed by atoms with Crippen molar-refractivity contribution in [1.29, 1.82) is 0 Å². The van der Waals surface area contributed by atoms with E-state index in [1.54, 1.807) is 6.07 Å². The molecule has 76 valence electrons. The molecule has 0 saturated carbocycles. The van der Waals surface area contributed by atoms with Crippen LogP contribution in [0.5, 0.6) is 0 Å². The van der Waals surface area contributed by atoms with E-state index in [9.17, 15) is 0 Å². The number of anilines is 1. The number of benzene rings is 1. The van der Waals surface area contributed by atoms with Crippen LogP contribution in [0.3, 0.4) is 0 Å². The van der Waals surface area contributed by atoms with Crippen molar-refractivity contribution < 1.29 is 0 Å². The third-order valence-electron chi connectivity index (χ3n) is 1.69. The van der Waals surface area contributed by atoms with Crippen molar-refractivity contribution in [3.05, 3.63) is 34.9 Å². The fraction of sp³-hybridized carbons (Fsp3) is 0. The zero-order valence-corrected chi connectivity index (χ0v) is 8.33. The monoisotopic (exact) mass is 222 g/mol. The number of rotatable bonds is 2. The van der Waals surface area contributed by atoms with Crippen molar-refractivity contribution in [3.8, 4) is 0 Å². The molecule has 6 nitrogen and oxygen atoms in total. The molecule has 0 fully saturated rings. The first kappa shape index (κ1) is 9.60. The largest absolute Gasteiger partial charge is 0.365 e. The molecule has 7 heteroatoms. The van der Waals surface area contributed by atoms with Gasteiger partial charge in [0.15, 0.2) is 0 Å². The third-order valence-corrected chi connectivity index (χ3v) is 2.03. The maximum Gasteiger partial charge on any atom is 0.263 e. The summed E-state index contributed by atoms with van der Waals surface area (Å²) in [5.74, 6) is 0.123. The van der Waals surface area contributed by atoms with Gasteiger partial charge in [-0.25, -0.2) is 0 Å². The van der Waals surface area contributed by atoms with E-state index in [0.29, 0.717) is 5.02 Å². The molecule has 0 radical (unpaired) electrons. The summed E-state index contributed by atoms with van der Waals surface area (Å²) in [6.45, 7) is 0. The van der Waals surface area contributed by atoms with Crippen molar-refractivity contribution in [1.82, 2.24) is 20.3 Å². The number of hydrogen-bond donors (Lipinski definition) is 1. The Morgan fingerprint density at radius 2 is 2.20 bits per heavy atom. The lowest BCUT2D eigenvalue weighted by Gasteiger charge is -1.95. The molecule has 0 saturated heterocycles. The first-order valence-corrected chi connectivity index (χ1v) is 4.48. The van der Waals surface area contributed by atoms with Crippen molar-refractivity contribution >= 4 is 23.8 Å². The lowest BCUT2D eigenvalue weighted by Crippen LogP contribution is -1.99. The summed E-state index contributed by atoms with van der Waals surface area (Å²) >= 11 is 5.92. The van der Waals surface area contributed by atoms with Crippen molar-refractivity contribution in [2.45, 2.75) is 0 Å². The van der Waals surface area contributed by atoms with Gasteiger partial charge in [-0.15, -0.1) is 0 Å². The second-order valence-corrected chi connectivity index (χ2v) is 3.10. The average molecular weight is 223 g/mol. The normalized spacial score (nSPS) is 11.0. The SMILES string of the molecule is Nc1nnnn1/N=C\c1ccccc1Cl. The molecule has 1 heterocycles. The summed E-state index contributed by atoms with van der Waals surface area (Å²) in [5, 5.41) is 14.9. The van der Waals surface area contributed by atoms with E-state index in [2.05, 4.69) is 20.6 Å². The molecule has 1 aromatic carbocycles. The van der Waals surface area contributed by atoms with E-state index in [-0.39, 0.29) is 5.95 Å². The predicted octanol–water partition coefficient (Wildman–Crippen LogP) is 0.791. The quantitative estimate of drug-likeness (QED) is 0.762. The van der Waals surface area contributed by atoms with Crippen LogP contribution in [-0.2, 0) is 0 Å². The van der Waals surface area contributed by atoms with Gasteiger partial charge in [0, 0.05) is 10.6 Å². The molecule has 1 aromatic heterocycles. The van der Waals surface area contributed by atoms with Crippen LogP contribution in [0.15, 0.2) is 29.4 Å². The molecule has 0 bridgehead atoms. The lowest BCUT2D eigenvalue weighted by atomic mass is 10.2. The molecule has 15 heavy (non-hydrogen) atoms. The molecule has 0 spiro atoms. The van der Waals surface area contributed by atoms with Crippen molar-refractivity contribution in [3.63, 3.8) is 0 Å². The van der Waals surface area contributed by atoms with E-state index in [4.69, 9.17) is 17.3 Å². The Morgan fingerprint density at radius 1 is 1.40 bits per heavy atom. The molecule has 2 N–H and O–H groups in total. The maximum atomic E-state index is 5.92. The zero-order valence-electron chi connectivity index (χ0n) is 7.58. The first-order chi connectivity index (χ1) is 7.27. The highest BCUT2D eigenvalue weighted by molar-refractivity contribution is 6.33. The van der Waals surface area contributed by atoms with Gasteiger partial charge in [0.05, 0.1) is 6.21 Å². The van der Waals surface area contributed by atoms with Gasteiger partial charge in [0.2, 0.25) is 0 Å². The zero-order chi connectivity index (χ0) is 10.7. The second kappa shape index (κ2) is 4.05. The standard InChI is InChI=1S/C8H7ClN6/c9-7-4-2-1-3-6(7)5-11-15-8(10)12-13-14-15/h1-5H,(H2,10,12,14)/b11-5-. The predicted molar refractivity (Wildman–Crippen MR) is 56.7 cm³/mol. The number of aromatic nitrogens is 4. The topological polar surface area (TPSA) is 82.0 Å². The van der Waals surface area contributed by atoms with Crippen LogP contribution in [0.2, 0.25) is 5.02 Å². The minimum absolute atomic E-state index is 0.123. The summed E-state index contributed by atoms with van der Waals surface area (Å²) in [5.41, 5.74) is 6.20. The second-order valence-electron chi connectivity index (χ2n) is 2.69. The van der Waals surface area contributed by atoms with Gasteiger partial charge in [0.25, 0.3) is 5.95 Å². The molecule has 2 aromatic rings. The van der Waals surface area contributed by atoms with Crippen LogP contribution in [0.4, 0.5) is 5.95 Å². The van der Waals surface area contributed by atoms with Crippen molar-refractivity contribution in [2.75, 3.05) is 5.73 Å². The Hall–Kier alpha value is -1.95. The summed E-state index contributed by atoms with van der Waals surface area (Å²) in [6, 6.07) is 7.29. The minimum atomic E-state index is 0.123. The van der Waals surface area contributed by atoms with Gasteiger partial charge in [0.1, 0.15) is 0 Å². The number of nitrogens with two attached hydrogens (primary N) is 1. The summed E-state index contributed by atoms with van der Waals surface area (Å²) < 4.78 is 0. The van der Waals surface area contributed by atoms with Gasteiger partial charge in [-0.1, -0.05) is 39.7 Å². The fourth-order valence-electron chi connectivity index (χ4n) is 0.968. The molecule has 0 atom stereocenters. The molecule has 0 aliphatic heterocycles. The number of nitrogens with zero attached hydrogens (tertiary/aromatic N) is 5. The summed E-state index contributed by atoms with van der Waals surface area (Å²) in [4.78, 5) is 1.11. The highest BCUT2D eigenvalue weighted by Gasteiger charge is 1.98. The highest BCUT2D eigenvalue weighted by Crippen LogP contribution is 2.12. The van der Waals surface area contributed by atoms with E-state index >= 15 is 0 Å². The van der Waals surface area contributed by atoms with Crippen LogP contribution < -0.4 is 5.73 Å². The van der Waals surface area contributed by atoms with E-state index in [1.165, 1.54) is 6.21 Å². The first-order valence-electron chi connectivity index (χ1n) is 4.10. The fourth-order valence-corrected chi connectivity index (χ4v) is 1.15. The highest BCUT2D eigenvalue weighted by atomic mass is 35.5. The molecule has 2 rings (SSSR count). The van der Waals surface area contributed by atoms with Gasteiger partial charge in [-0.3, -0.25) is 0 Å². The van der Waals surface area contributed by atoms with Gasteiger partial charge < -0.3 is 5.73 Å². The van der Waals surface area contributed by atoms with Gasteiger partial charge >= 0.3 is 0 Å². The molecule has 0 aliphatic rings. The van der Waals surface area contributed by atoms with Crippen LogP contribution in [0.1, 0.15) is 5.56 Å². The van der Waals surface area contributed by atoms with Crippen LogP contribution in [0.25, 0.3) is 0 Å². The van der Waals surface area contributed by atoms with Crippen LogP contribution in [0, 0.1) is 0 Å². The Labute approximate surface area is 90.3 Å². The Kier molecular flexibility index (Phi) is 2.59. The average Bonchev–Trinajstić information content (AvgIpc) is 2.63. The van der Waals surface area contributed by atoms with Gasteiger partial charge in [-0.2, -0.15) is 5.10 Å². The third kappa shape index (κ3) is 2.10. The molecule has 0 amide bonds. The minimum Gasteiger partial charge on any atom is -0.365 e. The van der Waals surface area contributed by atoms with Crippen LogP contribution in [-0.4, -0.2) is 26.5 Å². The number of tetrazole rings is 1. The summed E-state index contributed by atoms with van der Waals surface area (Å²) in [7, 11) is 0. The van der Waals surface area contributed by atoms with Gasteiger partial charge in [-0.05, 0) is 16.5 Å². The molecular formula is C8H7ClN6. The molecule has 0 aliphatic carbocycles. The Balaban J connectivity index is 2.26. The van der Waals surface area contributed by atoms with E-state index in [0.717, 1.165) is 10.4 Å². The van der Waals surface area contributed by atoms with E-state index < -0.39 is 0 Å². The Bertz CT molecular complexity index is 491. The number of hydrogen-bond acceptors (Lipinski definition) is 5. The van der Waals surface area contributed by atoms with E-state index in [1.807, 2.05) is 18.2 Å². The molecular weight excluding hydrogens is 216 g/mol. The smallest absolute Gasteiger partial charge is 0.263 e. The maximum absolute atomic E-state index is 5.92. The number of halogens is 1. The molecule has 0 unspecified atom stereocenters. The lowest BCUT2D eigenvalue weighted by molar-refractivity contribution is 0.699.